The highest BCUT2D eigenvalue weighted by atomic mass is 28.3. The van der Waals surface area contributed by atoms with Crippen LogP contribution in [0, 0.1) is 5.92 Å². The van der Waals surface area contributed by atoms with E-state index in [1.807, 2.05) is 102 Å². The summed E-state index contributed by atoms with van der Waals surface area (Å²) in [6, 6.07) is 36.0. The maximum atomic E-state index is 15.1. The summed E-state index contributed by atoms with van der Waals surface area (Å²) in [5.74, 6) is 0.394. The van der Waals surface area contributed by atoms with Crippen LogP contribution in [0.5, 0.6) is 5.75 Å². The number of fused-ring (bicyclic) bond motifs is 2. The highest BCUT2D eigenvalue weighted by molar-refractivity contribution is 6.91. The van der Waals surface area contributed by atoms with Gasteiger partial charge >= 0.3 is 0 Å². The van der Waals surface area contributed by atoms with Crippen LogP contribution < -0.4 is 19.7 Å². The predicted molar refractivity (Wildman–Crippen MR) is 196 cm³/mol. The van der Waals surface area contributed by atoms with Crippen LogP contribution in [0.3, 0.4) is 0 Å². The molecule has 0 bridgehead atoms. The molecule has 4 atom stereocenters. The van der Waals surface area contributed by atoms with Crippen molar-refractivity contribution in [3.8, 4) is 5.75 Å². The molecular formula is C41H40N2O5Si. The van der Waals surface area contributed by atoms with E-state index in [1.165, 1.54) is 5.19 Å². The van der Waals surface area contributed by atoms with E-state index in [-0.39, 0.29) is 36.0 Å². The van der Waals surface area contributed by atoms with Crippen LogP contribution in [0.1, 0.15) is 34.8 Å². The SMILES string of the molecule is COc1ccc([Si](C)(C)[C@@H]2[C@@H](CCO)O[C@]3(C(=O)N(Cc4ccccc4)c4ccc(N5C(=O)c6cccc7cccc5c67)cc43)[C@H]2C)cc1. The molecule has 0 aromatic heterocycles. The van der Waals surface area contributed by atoms with Gasteiger partial charge in [0.2, 0.25) is 0 Å². The van der Waals surface area contributed by atoms with Crippen molar-refractivity contribution in [3.63, 3.8) is 0 Å². The number of carbonyl (C=O) groups excluding carboxylic acids is 2. The number of ether oxygens (including phenoxy) is 2. The lowest BCUT2D eigenvalue weighted by Gasteiger charge is -2.37. The van der Waals surface area contributed by atoms with Gasteiger partial charge in [-0.05, 0) is 65.4 Å². The Kier molecular flexibility index (Phi) is 7.51. The maximum absolute atomic E-state index is 15.1. The average molecular weight is 669 g/mol. The Balaban J connectivity index is 1.28. The first-order valence-electron chi connectivity index (χ1n) is 17.0. The monoisotopic (exact) mass is 668 g/mol. The minimum Gasteiger partial charge on any atom is -0.497 e. The van der Waals surface area contributed by atoms with Crippen LogP contribution in [-0.4, -0.2) is 44.8 Å². The zero-order valence-corrected chi connectivity index (χ0v) is 29.2. The van der Waals surface area contributed by atoms with E-state index in [0.29, 0.717) is 24.2 Å². The molecule has 3 aliphatic rings. The number of carbonyl (C=O) groups is 2. The van der Waals surface area contributed by atoms with E-state index in [9.17, 15) is 9.90 Å². The highest BCUT2D eigenvalue weighted by Gasteiger charge is 2.66. The second-order valence-corrected chi connectivity index (χ2v) is 18.8. The second-order valence-electron chi connectivity index (χ2n) is 14.1. The molecule has 8 rings (SSSR count). The van der Waals surface area contributed by atoms with Gasteiger partial charge in [0.1, 0.15) is 5.75 Å². The zero-order valence-electron chi connectivity index (χ0n) is 28.2. The lowest BCUT2D eigenvalue weighted by Crippen LogP contribution is -2.51. The summed E-state index contributed by atoms with van der Waals surface area (Å²) in [7, 11) is -0.673. The number of hydrogen-bond donors (Lipinski definition) is 1. The lowest BCUT2D eigenvalue weighted by atomic mass is 9.82. The number of anilines is 3. The number of amides is 2. The molecule has 1 saturated heterocycles. The molecule has 3 heterocycles. The Morgan fingerprint density at radius 3 is 2.33 bits per heavy atom. The molecule has 248 valence electrons. The number of aliphatic hydroxyl groups is 1. The third kappa shape index (κ3) is 4.61. The fraction of sp³-hybridized carbons (Fsp3) is 0.268. The van der Waals surface area contributed by atoms with E-state index >= 15 is 4.79 Å². The smallest absolute Gasteiger partial charge is 0.264 e. The standard InChI is InChI=1S/C41H40N2O5Si/c1-26-38(49(3,4)31-19-17-30(47-2)18-20-31)36(22-23-44)48-41(26)33-24-29(16-21-34(33)42(40(41)46)25-27-10-6-5-7-11-27)43-35-15-9-13-28-12-8-14-32(37(28)35)39(43)45/h5-21,24,26,36,38,44H,22-23,25H2,1-4H3/t26-,36+,38-,41+/m0/s1. The number of methoxy groups -OCH3 is 1. The van der Waals surface area contributed by atoms with Crippen LogP contribution in [0.2, 0.25) is 18.6 Å². The van der Waals surface area contributed by atoms with Crippen molar-refractivity contribution in [2.24, 2.45) is 5.92 Å². The van der Waals surface area contributed by atoms with Crippen molar-refractivity contribution < 1.29 is 24.2 Å². The molecule has 5 aromatic rings. The van der Waals surface area contributed by atoms with Crippen molar-refractivity contribution in [2.75, 3.05) is 23.5 Å². The quantitative estimate of drug-likeness (QED) is 0.176. The number of benzene rings is 5. The van der Waals surface area contributed by atoms with Crippen molar-refractivity contribution in [3.05, 3.63) is 126 Å². The number of rotatable bonds is 8. The summed E-state index contributed by atoms with van der Waals surface area (Å²) in [4.78, 5) is 32.8. The summed E-state index contributed by atoms with van der Waals surface area (Å²) in [5.41, 5.74) is 3.51. The molecule has 0 aliphatic carbocycles. The second kappa shape index (κ2) is 11.7. The van der Waals surface area contributed by atoms with Gasteiger partial charge in [0.25, 0.3) is 11.8 Å². The largest absolute Gasteiger partial charge is 0.497 e. The third-order valence-electron chi connectivity index (χ3n) is 11.2. The van der Waals surface area contributed by atoms with Gasteiger partial charge in [-0.1, -0.05) is 91.9 Å². The molecule has 1 spiro atoms. The molecule has 5 aromatic carbocycles. The van der Waals surface area contributed by atoms with Crippen molar-refractivity contribution in [1.82, 2.24) is 0 Å². The topological polar surface area (TPSA) is 79.3 Å². The summed E-state index contributed by atoms with van der Waals surface area (Å²) in [6.45, 7) is 7.17. The summed E-state index contributed by atoms with van der Waals surface area (Å²) < 4.78 is 12.6. The Labute approximate surface area is 287 Å². The van der Waals surface area contributed by atoms with Crippen molar-refractivity contribution >= 4 is 52.9 Å². The molecular weight excluding hydrogens is 629 g/mol. The minimum atomic E-state index is -2.34. The molecule has 2 amide bonds. The van der Waals surface area contributed by atoms with Gasteiger partial charge in [-0.15, -0.1) is 0 Å². The highest BCUT2D eigenvalue weighted by Crippen LogP contribution is 2.61. The summed E-state index contributed by atoms with van der Waals surface area (Å²) in [6.07, 6.45) is 0.0824. The van der Waals surface area contributed by atoms with E-state index < -0.39 is 13.7 Å². The fourth-order valence-corrected chi connectivity index (χ4v) is 13.0. The van der Waals surface area contributed by atoms with Gasteiger partial charge in [0.05, 0.1) is 44.8 Å². The first-order chi connectivity index (χ1) is 23.7. The third-order valence-corrected chi connectivity index (χ3v) is 15.6. The molecule has 7 nitrogen and oxygen atoms in total. The van der Waals surface area contributed by atoms with Crippen LogP contribution in [-0.2, 0) is 21.7 Å². The Morgan fingerprint density at radius 1 is 0.878 bits per heavy atom. The van der Waals surface area contributed by atoms with E-state index in [1.54, 1.807) is 12.0 Å². The van der Waals surface area contributed by atoms with Gasteiger partial charge in [0.15, 0.2) is 5.60 Å². The zero-order chi connectivity index (χ0) is 34.1. The molecule has 1 N–H and O–H groups in total. The number of aliphatic hydroxyl groups excluding tert-OH is 1. The first-order valence-corrected chi connectivity index (χ1v) is 20.1. The van der Waals surface area contributed by atoms with Crippen LogP contribution in [0.15, 0.2) is 109 Å². The van der Waals surface area contributed by atoms with Gasteiger partial charge in [-0.3, -0.25) is 14.5 Å². The van der Waals surface area contributed by atoms with Crippen LogP contribution in [0.25, 0.3) is 10.8 Å². The van der Waals surface area contributed by atoms with Gasteiger partial charge in [-0.25, -0.2) is 0 Å². The van der Waals surface area contributed by atoms with E-state index in [0.717, 1.165) is 39.0 Å². The Morgan fingerprint density at radius 2 is 1.61 bits per heavy atom. The van der Waals surface area contributed by atoms with Gasteiger partial charge in [-0.2, -0.15) is 0 Å². The number of hydrogen-bond acceptors (Lipinski definition) is 5. The molecule has 3 aliphatic heterocycles. The van der Waals surface area contributed by atoms with Crippen LogP contribution in [0.4, 0.5) is 17.1 Å². The summed E-state index contributed by atoms with van der Waals surface area (Å²) >= 11 is 0. The van der Waals surface area contributed by atoms with Crippen molar-refractivity contribution in [1.29, 1.82) is 0 Å². The molecule has 0 saturated carbocycles. The molecule has 49 heavy (non-hydrogen) atoms. The van der Waals surface area contributed by atoms with E-state index in [2.05, 4.69) is 32.2 Å². The fourth-order valence-electron chi connectivity index (χ4n) is 8.93. The van der Waals surface area contributed by atoms with Gasteiger partial charge < -0.3 is 19.5 Å². The summed E-state index contributed by atoms with van der Waals surface area (Å²) in [5, 5.41) is 13.5. The Hall–Kier alpha value is -4.76. The lowest BCUT2D eigenvalue weighted by molar-refractivity contribution is -0.146. The molecule has 0 radical (unpaired) electrons. The molecule has 1 fully saturated rings. The molecule has 0 unspecified atom stereocenters. The van der Waals surface area contributed by atoms with Crippen molar-refractivity contribution in [2.45, 2.75) is 50.2 Å². The Bertz CT molecular complexity index is 2090. The average Bonchev–Trinajstić information content (AvgIpc) is 3.67. The maximum Gasteiger partial charge on any atom is 0.264 e. The van der Waals surface area contributed by atoms with Crippen LogP contribution >= 0.6 is 0 Å². The number of nitrogens with zero attached hydrogens (tertiary/aromatic N) is 2. The first kappa shape index (κ1) is 31.5. The van der Waals surface area contributed by atoms with Gasteiger partial charge in [0, 0.05) is 29.2 Å². The minimum absolute atomic E-state index is 0.0107. The normalized spacial score (nSPS) is 22.8. The van der Waals surface area contributed by atoms with E-state index in [4.69, 9.17) is 9.47 Å². The predicted octanol–water partition coefficient (Wildman–Crippen LogP) is 7.29. The molecule has 8 heteroatoms.